The highest BCUT2D eigenvalue weighted by Crippen LogP contribution is 2.30. The Morgan fingerprint density at radius 2 is 2.12 bits per heavy atom. The number of carbonyl (C=O) groups excluding carboxylic acids is 1. The molecule has 1 aliphatic carbocycles. The molecule has 2 N–H and O–H groups in total. The molecular formula is C14H16N2O. The molecule has 0 saturated heterocycles. The Bertz CT molecular complexity index is 481. The van der Waals surface area contributed by atoms with Gasteiger partial charge < -0.3 is 10.6 Å². The van der Waals surface area contributed by atoms with E-state index in [9.17, 15) is 4.79 Å². The van der Waals surface area contributed by atoms with E-state index in [1.165, 1.54) is 5.56 Å². The summed E-state index contributed by atoms with van der Waals surface area (Å²) in [5, 5.41) is 0. The summed E-state index contributed by atoms with van der Waals surface area (Å²) in [6.07, 6.45) is 5.60. The van der Waals surface area contributed by atoms with Gasteiger partial charge in [-0.1, -0.05) is 30.4 Å². The lowest BCUT2D eigenvalue weighted by Gasteiger charge is -2.20. The van der Waals surface area contributed by atoms with E-state index in [1.807, 2.05) is 35.3 Å². The molecule has 1 aliphatic heterocycles. The Kier molecular flexibility index (Phi) is 2.48. The summed E-state index contributed by atoms with van der Waals surface area (Å²) in [6, 6.07) is 8.18. The van der Waals surface area contributed by atoms with Crippen LogP contribution in [0.5, 0.6) is 0 Å². The third-order valence-electron chi connectivity index (χ3n) is 3.59. The fourth-order valence-electron chi connectivity index (χ4n) is 2.68. The van der Waals surface area contributed by atoms with Crippen LogP contribution in [0.15, 0.2) is 36.4 Å². The Morgan fingerprint density at radius 3 is 2.88 bits per heavy atom. The van der Waals surface area contributed by atoms with Crippen molar-refractivity contribution in [1.82, 2.24) is 0 Å². The summed E-state index contributed by atoms with van der Waals surface area (Å²) in [4.78, 5) is 14.3. The molecule has 2 atom stereocenters. The molecule has 2 unspecified atom stereocenters. The molecule has 1 amide bonds. The number of nitrogens with zero attached hydrogens (tertiary/aromatic N) is 1. The first-order chi connectivity index (χ1) is 8.25. The van der Waals surface area contributed by atoms with Crippen LogP contribution in [0, 0.1) is 5.92 Å². The summed E-state index contributed by atoms with van der Waals surface area (Å²) in [7, 11) is 0. The minimum absolute atomic E-state index is 0.0313. The molecule has 3 nitrogen and oxygen atoms in total. The van der Waals surface area contributed by atoms with Crippen LogP contribution in [-0.2, 0) is 11.2 Å². The third kappa shape index (κ3) is 1.76. The molecule has 0 fully saturated rings. The SMILES string of the molecule is NC1C=CC(C(=O)N2CCc3ccccc32)C1. The maximum Gasteiger partial charge on any atom is 0.233 e. The lowest BCUT2D eigenvalue weighted by molar-refractivity contribution is -0.121. The fraction of sp³-hybridized carbons (Fsp3) is 0.357. The molecule has 0 bridgehead atoms. The van der Waals surface area contributed by atoms with Crippen LogP contribution >= 0.6 is 0 Å². The van der Waals surface area contributed by atoms with Gasteiger partial charge in [-0.15, -0.1) is 0 Å². The molecule has 0 aromatic heterocycles. The van der Waals surface area contributed by atoms with Crippen molar-refractivity contribution in [1.29, 1.82) is 0 Å². The van der Waals surface area contributed by atoms with Crippen molar-refractivity contribution in [2.45, 2.75) is 18.9 Å². The van der Waals surface area contributed by atoms with Gasteiger partial charge in [0.15, 0.2) is 0 Å². The van der Waals surface area contributed by atoms with Gasteiger partial charge in [-0.25, -0.2) is 0 Å². The molecule has 3 rings (SSSR count). The number of anilines is 1. The average molecular weight is 228 g/mol. The van der Waals surface area contributed by atoms with Crippen LogP contribution < -0.4 is 10.6 Å². The van der Waals surface area contributed by atoms with Gasteiger partial charge in [0.05, 0.1) is 5.92 Å². The molecule has 2 aliphatic rings. The number of para-hydroxylation sites is 1. The molecule has 88 valence electrons. The number of carbonyl (C=O) groups is 1. The zero-order valence-corrected chi connectivity index (χ0v) is 9.67. The number of benzene rings is 1. The van der Waals surface area contributed by atoms with Gasteiger partial charge in [0, 0.05) is 18.3 Å². The Hall–Kier alpha value is -1.61. The largest absolute Gasteiger partial charge is 0.324 e. The van der Waals surface area contributed by atoms with E-state index in [0.29, 0.717) is 0 Å². The van der Waals surface area contributed by atoms with Gasteiger partial charge in [0.1, 0.15) is 0 Å². The first-order valence-corrected chi connectivity index (χ1v) is 6.09. The van der Waals surface area contributed by atoms with E-state index >= 15 is 0 Å². The van der Waals surface area contributed by atoms with E-state index in [-0.39, 0.29) is 17.9 Å². The van der Waals surface area contributed by atoms with Crippen LogP contribution in [0.3, 0.4) is 0 Å². The van der Waals surface area contributed by atoms with Gasteiger partial charge >= 0.3 is 0 Å². The molecule has 3 heteroatoms. The number of hydrogen-bond donors (Lipinski definition) is 1. The predicted molar refractivity (Wildman–Crippen MR) is 67.7 cm³/mol. The highest BCUT2D eigenvalue weighted by atomic mass is 16.2. The Morgan fingerprint density at radius 1 is 1.29 bits per heavy atom. The van der Waals surface area contributed by atoms with E-state index in [1.54, 1.807) is 0 Å². The van der Waals surface area contributed by atoms with Crippen LogP contribution in [0.25, 0.3) is 0 Å². The lowest BCUT2D eigenvalue weighted by Crippen LogP contribution is -2.34. The molecule has 1 heterocycles. The van der Waals surface area contributed by atoms with Crippen LogP contribution in [0.1, 0.15) is 12.0 Å². The summed E-state index contributed by atoms with van der Waals surface area (Å²) in [5.41, 5.74) is 8.14. The van der Waals surface area contributed by atoms with Crippen LogP contribution in [-0.4, -0.2) is 18.5 Å². The molecule has 0 saturated carbocycles. The minimum atomic E-state index is -0.0313. The lowest BCUT2D eigenvalue weighted by atomic mass is 10.1. The van der Waals surface area contributed by atoms with E-state index in [0.717, 1.165) is 25.1 Å². The molecule has 1 aromatic rings. The Balaban J connectivity index is 1.83. The molecule has 1 aromatic carbocycles. The second-order valence-electron chi connectivity index (χ2n) is 4.76. The summed E-state index contributed by atoms with van der Waals surface area (Å²) >= 11 is 0. The van der Waals surface area contributed by atoms with Gasteiger partial charge in [-0.3, -0.25) is 4.79 Å². The van der Waals surface area contributed by atoms with Crippen molar-refractivity contribution in [3.63, 3.8) is 0 Å². The number of fused-ring (bicyclic) bond motifs is 1. The highest BCUT2D eigenvalue weighted by molar-refractivity contribution is 5.98. The normalized spacial score (nSPS) is 26.3. The quantitative estimate of drug-likeness (QED) is 0.740. The van der Waals surface area contributed by atoms with Crippen molar-refractivity contribution < 1.29 is 4.79 Å². The molecule has 0 spiro atoms. The second-order valence-corrected chi connectivity index (χ2v) is 4.76. The maximum absolute atomic E-state index is 12.4. The Labute approximate surface area is 101 Å². The van der Waals surface area contributed by atoms with Gasteiger partial charge in [0.2, 0.25) is 5.91 Å². The van der Waals surface area contributed by atoms with Gasteiger partial charge in [-0.05, 0) is 24.5 Å². The second kappa shape index (κ2) is 4.00. The van der Waals surface area contributed by atoms with Crippen molar-refractivity contribution in [2.75, 3.05) is 11.4 Å². The van der Waals surface area contributed by atoms with Crippen LogP contribution in [0.2, 0.25) is 0 Å². The standard InChI is InChI=1S/C14H16N2O/c15-12-6-5-11(9-12)14(17)16-8-7-10-3-1-2-4-13(10)16/h1-6,11-12H,7-9,15H2. The zero-order valence-electron chi connectivity index (χ0n) is 9.67. The third-order valence-corrected chi connectivity index (χ3v) is 3.59. The van der Waals surface area contributed by atoms with Crippen molar-refractivity contribution in [3.05, 3.63) is 42.0 Å². The summed E-state index contributed by atoms with van der Waals surface area (Å²) in [5.74, 6) is 0.162. The average Bonchev–Trinajstić information content (AvgIpc) is 2.94. The minimum Gasteiger partial charge on any atom is -0.324 e. The first kappa shape index (κ1) is 10.5. The smallest absolute Gasteiger partial charge is 0.233 e. The molecular weight excluding hydrogens is 212 g/mol. The number of rotatable bonds is 1. The zero-order chi connectivity index (χ0) is 11.8. The first-order valence-electron chi connectivity index (χ1n) is 6.09. The van der Waals surface area contributed by atoms with Crippen LogP contribution in [0.4, 0.5) is 5.69 Å². The van der Waals surface area contributed by atoms with Crippen molar-refractivity contribution in [3.8, 4) is 0 Å². The van der Waals surface area contributed by atoms with E-state index in [4.69, 9.17) is 5.73 Å². The van der Waals surface area contributed by atoms with Gasteiger partial charge in [0.25, 0.3) is 0 Å². The van der Waals surface area contributed by atoms with Crippen molar-refractivity contribution in [2.24, 2.45) is 11.7 Å². The monoisotopic (exact) mass is 228 g/mol. The number of nitrogens with two attached hydrogens (primary N) is 1. The predicted octanol–water partition coefficient (Wildman–Crippen LogP) is 1.48. The molecule has 17 heavy (non-hydrogen) atoms. The summed E-state index contributed by atoms with van der Waals surface area (Å²) in [6.45, 7) is 0.803. The number of hydrogen-bond acceptors (Lipinski definition) is 2. The van der Waals surface area contributed by atoms with Gasteiger partial charge in [-0.2, -0.15) is 0 Å². The van der Waals surface area contributed by atoms with Crippen molar-refractivity contribution >= 4 is 11.6 Å². The van der Waals surface area contributed by atoms with E-state index < -0.39 is 0 Å². The molecule has 0 radical (unpaired) electrons. The maximum atomic E-state index is 12.4. The van der Waals surface area contributed by atoms with E-state index in [2.05, 4.69) is 6.07 Å². The fourth-order valence-corrected chi connectivity index (χ4v) is 2.68. The topological polar surface area (TPSA) is 46.3 Å². The number of amides is 1. The highest BCUT2D eigenvalue weighted by Gasteiger charge is 2.31. The summed E-state index contributed by atoms with van der Waals surface area (Å²) < 4.78 is 0.